The predicted molar refractivity (Wildman–Crippen MR) is 226 cm³/mol. The number of esters is 1. The van der Waals surface area contributed by atoms with Gasteiger partial charge in [-0.15, -0.1) is 0 Å². The molecule has 4 amide bonds. The van der Waals surface area contributed by atoms with Crippen LogP contribution >= 0.6 is 0 Å². The van der Waals surface area contributed by atoms with Gasteiger partial charge in [0.2, 0.25) is 5.91 Å². The average Bonchev–Trinajstić information content (AvgIpc) is 3.76. The molecule has 5 aromatic carbocycles. The lowest BCUT2D eigenvalue weighted by Crippen LogP contribution is -2.53. The first-order valence-corrected chi connectivity index (χ1v) is 20.0. The molecule has 3 heterocycles. The number of carbonyl (C=O) groups is 5. The number of rotatable bonds is 11. The third-order valence-corrected chi connectivity index (χ3v) is 11.5. The van der Waals surface area contributed by atoms with Crippen molar-refractivity contribution in [2.24, 2.45) is 11.7 Å². The molecule has 324 valence electrons. The summed E-state index contributed by atoms with van der Waals surface area (Å²) in [7, 11) is 0. The number of carboxylic acid groups (broad SMARTS) is 1. The Kier molecular flexibility index (Phi) is 11.8. The summed E-state index contributed by atoms with van der Waals surface area (Å²) in [6, 6.07) is 29.4. The van der Waals surface area contributed by atoms with Gasteiger partial charge < -0.3 is 35.5 Å². The van der Waals surface area contributed by atoms with E-state index in [1.807, 2.05) is 12.1 Å². The number of anilines is 1. The van der Waals surface area contributed by atoms with E-state index < -0.39 is 77.1 Å². The highest BCUT2D eigenvalue weighted by molar-refractivity contribution is 6.23. The zero-order valence-corrected chi connectivity index (χ0v) is 33.7. The molecule has 5 N–H and O–H groups in total. The Hall–Kier alpha value is -8.07. The maximum absolute atomic E-state index is 16.0. The number of nitro groups is 1. The van der Waals surface area contributed by atoms with E-state index in [2.05, 4.69) is 17.2 Å². The second kappa shape index (κ2) is 17.7. The van der Waals surface area contributed by atoms with Crippen molar-refractivity contribution in [1.82, 2.24) is 10.2 Å². The number of aliphatic hydroxyl groups excluding tert-OH is 1. The standard InChI is InChI=1S/C47H39N5O12/c48-45(58)49-22-8-9-28-18-21-36-35(25-28)47(44(57)50(36)46(59)63-27-29-16-19-33(20-17-29)52(60)61)37(42(54)55)39-43(56)64-40(31-12-5-2-6-13-31)38(30-10-3-1-4-11-30)51(39)41(47)32-14-7-15-34(26-32)62-24-23-53/h1-7,10-21,25-26,37-41,53H,22-24,27H2,(H,54,55)(H3,48,49,58)/t37-,38-,39-,40+,41+,47-/m0/s1. The van der Waals surface area contributed by atoms with E-state index >= 15 is 4.79 Å². The van der Waals surface area contributed by atoms with Crippen molar-refractivity contribution < 1.29 is 53.3 Å². The van der Waals surface area contributed by atoms with E-state index in [9.17, 15) is 39.5 Å². The molecule has 3 aliphatic rings. The predicted octanol–water partition coefficient (Wildman–Crippen LogP) is 5.07. The Morgan fingerprint density at radius 3 is 2.22 bits per heavy atom. The van der Waals surface area contributed by atoms with E-state index in [4.69, 9.17) is 19.9 Å². The van der Waals surface area contributed by atoms with Crippen LogP contribution in [0.25, 0.3) is 0 Å². The Balaban J connectivity index is 1.38. The molecule has 17 nitrogen and oxygen atoms in total. The molecule has 8 rings (SSSR count). The number of fused-ring (bicyclic) bond motifs is 3. The average molecular weight is 866 g/mol. The van der Waals surface area contributed by atoms with Crippen LogP contribution in [0, 0.1) is 27.9 Å². The number of cyclic esters (lactones) is 1. The molecule has 64 heavy (non-hydrogen) atoms. The van der Waals surface area contributed by atoms with Gasteiger partial charge in [0.05, 0.1) is 35.8 Å². The van der Waals surface area contributed by atoms with Gasteiger partial charge in [-0.25, -0.2) is 14.5 Å². The molecule has 1 spiro atoms. The molecule has 0 bridgehead atoms. The molecular weight excluding hydrogens is 827 g/mol. The number of urea groups is 1. The van der Waals surface area contributed by atoms with E-state index in [-0.39, 0.29) is 48.0 Å². The number of benzene rings is 5. The van der Waals surface area contributed by atoms with Crippen LogP contribution in [0.4, 0.5) is 21.0 Å². The summed E-state index contributed by atoms with van der Waals surface area (Å²) in [5.74, 6) is 0.529. The first-order chi connectivity index (χ1) is 30.9. The SMILES string of the molecule is NC(=O)NCC#Cc1ccc2c(c1)[C@]1(C(=O)N2C(=O)OCc2ccc([N+](=O)[O-])cc2)[C@H](C(=O)O)[C@H]2C(=O)O[C@H](c3ccccc3)[C@H](c3ccccc3)N2[C@@H]1c1cccc(OCCO)c1. The fourth-order valence-corrected chi connectivity index (χ4v) is 9.08. The summed E-state index contributed by atoms with van der Waals surface area (Å²) in [6.45, 7) is -0.998. The topological polar surface area (TPSA) is 241 Å². The second-order valence-electron chi connectivity index (χ2n) is 15.1. The molecule has 17 heteroatoms. The summed E-state index contributed by atoms with van der Waals surface area (Å²) in [5, 5.41) is 34.9. The molecule has 6 atom stereocenters. The lowest BCUT2D eigenvalue weighted by Gasteiger charge is -2.46. The van der Waals surface area contributed by atoms with E-state index in [0.29, 0.717) is 22.3 Å². The van der Waals surface area contributed by atoms with E-state index in [1.54, 1.807) is 77.7 Å². The molecule has 0 unspecified atom stereocenters. The van der Waals surface area contributed by atoms with Crippen molar-refractivity contribution in [2.75, 3.05) is 24.7 Å². The summed E-state index contributed by atoms with van der Waals surface area (Å²) in [5.41, 5.74) is 4.87. The minimum absolute atomic E-state index is 0.0313. The molecular formula is C47H39N5O12. The number of carboxylic acids is 1. The zero-order valence-electron chi connectivity index (χ0n) is 33.7. The lowest BCUT2D eigenvalue weighted by atomic mass is 9.65. The van der Waals surface area contributed by atoms with Crippen LogP contribution in [0.2, 0.25) is 0 Å². The van der Waals surface area contributed by atoms with Gasteiger partial charge in [0.1, 0.15) is 42.4 Å². The molecule has 3 aliphatic heterocycles. The van der Waals surface area contributed by atoms with Crippen LogP contribution in [0.1, 0.15) is 51.6 Å². The largest absolute Gasteiger partial charge is 0.491 e. The summed E-state index contributed by atoms with van der Waals surface area (Å²) >= 11 is 0. The number of non-ortho nitro benzene ring substituents is 1. The van der Waals surface area contributed by atoms with Gasteiger partial charge in [-0.1, -0.05) is 84.6 Å². The van der Waals surface area contributed by atoms with Crippen molar-refractivity contribution in [3.8, 4) is 17.6 Å². The number of amides is 4. The summed E-state index contributed by atoms with van der Waals surface area (Å²) in [4.78, 5) is 84.0. The molecule has 2 fully saturated rings. The van der Waals surface area contributed by atoms with Gasteiger partial charge in [0.25, 0.3) is 5.69 Å². The van der Waals surface area contributed by atoms with Crippen LogP contribution in [0.15, 0.2) is 127 Å². The van der Waals surface area contributed by atoms with E-state index in [0.717, 1.165) is 4.90 Å². The quantitative estimate of drug-likeness (QED) is 0.0588. The first-order valence-electron chi connectivity index (χ1n) is 20.0. The number of primary amides is 1. The molecule has 2 saturated heterocycles. The lowest BCUT2D eigenvalue weighted by molar-refractivity contribution is -0.384. The highest BCUT2D eigenvalue weighted by atomic mass is 16.6. The summed E-state index contributed by atoms with van der Waals surface area (Å²) < 4.78 is 17.8. The van der Waals surface area contributed by atoms with Gasteiger partial charge in [0, 0.05) is 17.7 Å². The third kappa shape index (κ3) is 7.61. The highest BCUT2D eigenvalue weighted by Crippen LogP contribution is 2.66. The number of aliphatic carboxylic acids is 1. The summed E-state index contributed by atoms with van der Waals surface area (Å²) in [6.07, 6.45) is -2.22. The number of ether oxygens (including phenoxy) is 3. The number of aliphatic hydroxyl groups is 1. The highest BCUT2D eigenvalue weighted by Gasteiger charge is 2.76. The molecule has 5 aromatic rings. The molecule has 0 aliphatic carbocycles. The first kappa shape index (κ1) is 42.6. The normalized spacial score (nSPS) is 22.1. The molecule has 0 aromatic heterocycles. The van der Waals surface area contributed by atoms with Crippen molar-refractivity contribution in [2.45, 2.75) is 36.3 Å². The number of nitro benzene ring substituents is 1. The monoisotopic (exact) mass is 865 g/mol. The van der Waals surface area contributed by atoms with Gasteiger partial charge in [-0.05, 0) is 70.3 Å². The number of nitrogens with two attached hydrogens (primary N) is 1. The minimum atomic E-state index is -2.31. The van der Waals surface area contributed by atoms with Crippen LogP contribution in [0.3, 0.4) is 0 Å². The minimum Gasteiger partial charge on any atom is -0.491 e. The number of nitrogens with zero attached hydrogens (tertiary/aromatic N) is 3. The number of imide groups is 1. The number of morpholine rings is 1. The van der Waals surface area contributed by atoms with Crippen molar-refractivity contribution in [1.29, 1.82) is 0 Å². The fraction of sp³-hybridized carbons (Fsp3) is 0.213. The van der Waals surface area contributed by atoms with Crippen LogP contribution in [-0.2, 0) is 35.9 Å². The molecule has 0 saturated carbocycles. The van der Waals surface area contributed by atoms with Crippen molar-refractivity contribution in [3.05, 3.63) is 171 Å². The number of hydrogen-bond donors (Lipinski definition) is 4. The molecule has 0 radical (unpaired) electrons. The van der Waals surface area contributed by atoms with Gasteiger partial charge in [0.15, 0.2) is 0 Å². The number of nitrogens with one attached hydrogen (secondary N) is 1. The van der Waals surface area contributed by atoms with Gasteiger partial charge in [-0.2, -0.15) is 0 Å². The maximum atomic E-state index is 16.0. The fourth-order valence-electron chi connectivity index (χ4n) is 9.08. The second-order valence-corrected chi connectivity index (χ2v) is 15.1. The zero-order chi connectivity index (χ0) is 45.1. The smallest absolute Gasteiger partial charge is 0.421 e. The Morgan fingerprint density at radius 2 is 1.56 bits per heavy atom. The maximum Gasteiger partial charge on any atom is 0.421 e. The van der Waals surface area contributed by atoms with E-state index in [1.165, 1.54) is 42.5 Å². The van der Waals surface area contributed by atoms with Gasteiger partial charge in [-0.3, -0.25) is 29.4 Å². The van der Waals surface area contributed by atoms with Gasteiger partial charge >= 0.3 is 24.1 Å². The Labute approximate surface area is 365 Å². The van der Waals surface area contributed by atoms with Crippen molar-refractivity contribution >= 4 is 41.3 Å². The number of hydrogen-bond acceptors (Lipinski definition) is 12. The Bertz CT molecular complexity index is 2710. The third-order valence-electron chi connectivity index (χ3n) is 11.5. The van der Waals surface area contributed by atoms with Crippen LogP contribution in [0.5, 0.6) is 5.75 Å². The van der Waals surface area contributed by atoms with Crippen LogP contribution < -0.4 is 20.7 Å². The van der Waals surface area contributed by atoms with Crippen molar-refractivity contribution in [3.63, 3.8) is 0 Å². The van der Waals surface area contributed by atoms with Crippen LogP contribution in [-0.4, -0.2) is 75.8 Å². The number of carbonyl (C=O) groups excluding carboxylic acids is 4. The Morgan fingerprint density at radius 1 is 0.875 bits per heavy atom.